The Kier molecular flexibility index (Phi) is 4.64. The Labute approximate surface area is 111 Å². The van der Waals surface area contributed by atoms with Crippen LogP contribution in [0.2, 0.25) is 0 Å². The highest BCUT2D eigenvalue weighted by atomic mass is 16.5. The molecule has 1 saturated heterocycles. The van der Waals surface area contributed by atoms with Crippen LogP contribution in [-0.2, 0) is 9.47 Å². The molecule has 1 aromatic heterocycles. The fourth-order valence-electron chi connectivity index (χ4n) is 1.76. The van der Waals surface area contributed by atoms with Crippen LogP contribution in [0.4, 0.5) is 0 Å². The molecule has 2 unspecified atom stereocenters. The maximum atomic E-state index is 11.2. The monoisotopic (exact) mass is 267 g/mol. The highest BCUT2D eigenvalue weighted by Crippen LogP contribution is 2.09. The number of hydrogen-bond acceptors (Lipinski definition) is 7. The van der Waals surface area contributed by atoms with Crippen LogP contribution < -0.4 is 10.1 Å². The van der Waals surface area contributed by atoms with Crippen LogP contribution >= 0.6 is 0 Å². The van der Waals surface area contributed by atoms with Crippen LogP contribution in [0.15, 0.2) is 12.1 Å². The highest BCUT2D eigenvalue weighted by Gasteiger charge is 2.19. The van der Waals surface area contributed by atoms with Gasteiger partial charge in [-0.25, -0.2) is 4.79 Å². The predicted octanol–water partition coefficient (Wildman–Crippen LogP) is 0.0189. The van der Waals surface area contributed by atoms with Gasteiger partial charge in [-0.15, -0.1) is 10.2 Å². The topological polar surface area (TPSA) is 82.6 Å². The normalized spacial score (nSPS) is 22.8. The maximum Gasteiger partial charge on any atom is 0.358 e. The first kappa shape index (κ1) is 13.7. The summed E-state index contributed by atoms with van der Waals surface area (Å²) < 4.78 is 15.7. The molecule has 7 nitrogen and oxygen atoms in total. The standard InChI is InChI=1S/C12H17N3O4/c1-8-5-13-6-9(19-8)7-18-11-4-3-10(14-15-11)12(16)17-2/h3-4,8-9,13H,5-7H2,1-2H3. The average molecular weight is 267 g/mol. The number of aromatic nitrogens is 2. The Morgan fingerprint density at radius 1 is 1.47 bits per heavy atom. The Balaban J connectivity index is 1.84. The van der Waals surface area contributed by atoms with Gasteiger partial charge in [0.15, 0.2) is 5.69 Å². The number of esters is 1. The smallest absolute Gasteiger partial charge is 0.358 e. The summed E-state index contributed by atoms with van der Waals surface area (Å²) in [7, 11) is 1.29. The van der Waals surface area contributed by atoms with Gasteiger partial charge >= 0.3 is 5.97 Å². The molecular weight excluding hydrogens is 250 g/mol. The Morgan fingerprint density at radius 3 is 2.95 bits per heavy atom. The zero-order valence-corrected chi connectivity index (χ0v) is 11.0. The molecule has 1 N–H and O–H groups in total. The highest BCUT2D eigenvalue weighted by molar-refractivity contribution is 5.86. The Morgan fingerprint density at radius 2 is 2.32 bits per heavy atom. The van der Waals surface area contributed by atoms with E-state index in [0.717, 1.165) is 13.1 Å². The van der Waals surface area contributed by atoms with E-state index in [2.05, 4.69) is 20.3 Å². The minimum atomic E-state index is -0.521. The largest absolute Gasteiger partial charge is 0.474 e. The van der Waals surface area contributed by atoms with Crippen molar-refractivity contribution in [3.05, 3.63) is 17.8 Å². The van der Waals surface area contributed by atoms with Crippen molar-refractivity contribution in [3.63, 3.8) is 0 Å². The molecule has 1 aliphatic rings. The number of nitrogens with zero attached hydrogens (tertiary/aromatic N) is 2. The van der Waals surface area contributed by atoms with Gasteiger partial charge in [0.1, 0.15) is 12.7 Å². The quantitative estimate of drug-likeness (QED) is 0.770. The lowest BCUT2D eigenvalue weighted by molar-refractivity contribution is -0.0477. The van der Waals surface area contributed by atoms with Crippen LogP contribution in [0.3, 0.4) is 0 Å². The Hall–Kier alpha value is -1.73. The molecule has 0 saturated carbocycles. The van der Waals surface area contributed by atoms with E-state index in [-0.39, 0.29) is 17.9 Å². The molecule has 0 bridgehead atoms. The SMILES string of the molecule is COC(=O)c1ccc(OCC2CNCC(C)O2)nn1. The van der Waals surface area contributed by atoms with Gasteiger partial charge in [-0.2, -0.15) is 0 Å². The molecule has 2 atom stereocenters. The van der Waals surface area contributed by atoms with Crippen LogP contribution in [0.5, 0.6) is 5.88 Å². The summed E-state index contributed by atoms with van der Waals surface area (Å²) in [5, 5.41) is 10.8. The van der Waals surface area contributed by atoms with Crippen molar-refractivity contribution >= 4 is 5.97 Å². The summed E-state index contributed by atoms with van der Waals surface area (Å²) in [5.41, 5.74) is 0.152. The van der Waals surface area contributed by atoms with Gasteiger partial charge < -0.3 is 19.5 Å². The molecule has 1 fully saturated rings. The van der Waals surface area contributed by atoms with Gasteiger partial charge in [0.05, 0.1) is 13.2 Å². The van der Waals surface area contributed by atoms with Gasteiger partial charge in [-0.3, -0.25) is 0 Å². The number of carbonyl (C=O) groups excluding carboxylic acids is 1. The molecule has 0 radical (unpaired) electrons. The van der Waals surface area contributed by atoms with E-state index < -0.39 is 5.97 Å². The van der Waals surface area contributed by atoms with Gasteiger partial charge in [0.2, 0.25) is 5.88 Å². The van der Waals surface area contributed by atoms with Crippen LogP contribution in [-0.4, -0.2) is 55.2 Å². The molecular formula is C12H17N3O4. The first-order valence-electron chi connectivity index (χ1n) is 6.10. The van der Waals surface area contributed by atoms with Crippen molar-refractivity contribution in [1.82, 2.24) is 15.5 Å². The van der Waals surface area contributed by atoms with E-state index in [0.29, 0.717) is 12.5 Å². The molecule has 1 aromatic rings. The zero-order valence-electron chi connectivity index (χ0n) is 11.0. The van der Waals surface area contributed by atoms with E-state index in [9.17, 15) is 4.79 Å². The maximum absolute atomic E-state index is 11.2. The summed E-state index contributed by atoms with van der Waals surface area (Å²) in [6.07, 6.45) is 0.168. The second kappa shape index (κ2) is 6.44. The van der Waals surface area contributed by atoms with Crippen LogP contribution in [0, 0.1) is 0 Å². The van der Waals surface area contributed by atoms with E-state index in [1.165, 1.54) is 13.2 Å². The number of methoxy groups -OCH3 is 1. The van der Waals surface area contributed by atoms with Gasteiger partial charge in [0.25, 0.3) is 0 Å². The first-order chi connectivity index (χ1) is 9.19. The van der Waals surface area contributed by atoms with Gasteiger partial charge in [-0.1, -0.05) is 0 Å². The summed E-state index contributed by atoms with van der Waals surface area (Å²) in [5.74, 6) is -0.165. The van der Waals surface area contributed by atoms with Gasteiger partial charge in [-0.05, 0) is 13.0 Å². The number of ether oxygens (including phenoxy) is 3. The fraction of sp³-hybridized carbons (Fsp3) is 0.583. The van der Waals surface area contributed by atoms with Crippen LogP contribution in [0.25, 0.3) is 0 Å². The third kappa shape index (κ3) is 3.87. The Bertz CT molecular complexity index is 423. The predicted molar refractivity (Wildman–Crippen MR) is 66.1 cm³/mol. The lowest BCUT2D eigenvalue weighted by Crippen LogP contribution is -2.45. The molecule has 104 valence electrons. The summed E-state index contributed by atoms with van der Waals surface area (Å²) in [6.45, 7) is 4.00. The molecule has 0 aliphatic carbocycles. The number of nitrogens with one attached hydrogen (secondary N) is 1. The second-order valence-electron chi connectivity index (χ2n) is 4.29. The molecule has 2 heterocycles. The number of hydrogen-bond donors (Lipinski definition) is 1. The molecule has 7 heteroatoms. The lowest BCUT2D eigenvalue weighted by Gasteiger charge is -2.28. The lowest BCUT2D eigenvalue weighted by atomic mass is 10.2. The molecule has 0 spiro atoms. The van der Waals surface area contributed by atoms with Crippen molar-refractivity contribution in [2.45, 2.75) is 19.1 Å². The average Bonchev–Trinajstić information content (AvgIpc) is 2.45. The minimum absolute atomic E-state index is 0.00849. The van der Waals surface area contributed by atoms with E-state index in [1.54, 1.807) is 6.07 Å². The van der Waals surface area contributed by atoms with Crippen molar-refractivity contribution < 1.29 is 19.0 Å². The van der Waals surface area contributed by atoms with Crippen molar-refractivity contribution in [2.75, 3.05) is 26.8 Å². The summed E-state index contributed by atoms with van der Waals surface area (Å²) >= 11 is 0. The van der Waals surface area contributed by atoms with Crippen LogP contribution in [0.1, 0.15) is 17.4 Å². The number of rotatable bonds is 4. The third-order valence-corrected chi connectivity index (χ3v) is 2.68. The van der Waals surface area contributed by atoms with Crippen molar-refractivity contribution in [1.29, 1.82) is 0 Å². The fourth-order valence-corrected chi connectivity index (χ4v) is 1.76. The first-order valence-corrected chi connectivity index (χ1v) is 6.10. The number of morpholine rings is 1. The summed E-state index contributed by atoms with van der Waals surface area (Å²) in [6, 6.07) is 3.09. The summed E-state index contributed by atoms with van der Waals surface area (Å²) in [4.78, 5) is 11.2. The zero-order chi connectivity index (χ0) is 13.7. The van der Waals surface area contributed by atoms with Gasteiger partial charge in [0, 0.05) is 19.2 Å². The van der Waals surface area contributed by atoms with E-state index >= 15 is 0 Å². The molecule has 2 rings (SSSR count). The van der Waals surface area contributed by atoms with Crippen molar-refractivity contribution in [3.8, 4) is 5.88 Å². The van der Waals surface area contributed by atoms with E-state index in [4.69, 9.17) is 9.47 Å². The molecule has 19 heavy (non-hydrogen) atoms. The van der Waals surface area contributed by atoms with Crippen molar-refractivity contribution in [2.24, 2.45) is 0 Å². The minimum Gasteiger partial charge on any atom is -0.474 e. The second-order valence-corrected chi connectivity index (χ2v) is 4.29. The molecule has 1 aliphatic heterocycles. The van der Waals surface area contributed by atoms with E-state index in [1.807, 2.05) is 6.92 Å². The molecule has 0 amide bonds. The third-order valence-electron chi connectivity index (χ3n) is 2.68. The number of carbonyl (C=O) groups is 1. The molecule has 0 aromatic carbocycles.